The predicted molar refractivity (Wildman–Crippen MR) is 78.8 cm³/mol. The lowest BCUT2D eigenvalue weighted by atomic mass is 10.1. The van der Waals surface area contributed by atoms with Crippen LogP contribution in [0.15, 0.2) is 18.2 Å². The lowest BCUT2D eigenvalue weighted by molar-refractivity contribution is -0.137. The standard InChI is InChI=1S/C15H17F4N3O2/c1-9(23)20-11-4-6-22(7-5-11)14(24)21-13-8-10(15(17,18)19)2-3-12(13)16/h2-3,8,11H,4-7H2,1H3,(H,20,23)(H,21,24). The van der Waals surface area contributed by atoms with Gasteiger partial charge in [0.2, 0.25) is 5.91 Å². The van der Waals surface area contributed by atoms with E-state index in [1.165, 1.54) is 11.8 Å². The van der Waals surface area contributed by atoms with E-state index in [2.05, 4.69) is 10.6 Å². The Hall–Kier alpha value is -2.32. The van der Waals surface area contributed by atoms with Gasteiger partial charge in [0.25, 0.3) is 0 Å². The molecule has 0 aromatic heterocycles. The van der Waals surface area contributed by atoms with Crippen LogP contribution in [-0.2, 0) is 11.0 Å². The van der Waals surface area contributed by atoms with E-state index < -0.39 is 29.3 Å². The summed E-state index contributed by atoms with van der Waals surface area (Å²) in [6.45, 7) is 2.03. The maximum absolute atomic E-state index is 13.6. The lowest BCUT2D eigenvalue weighted by Gasteiger charge is -2.32. The fraction of sp³-hybridized carbons (Fsp3) is 0.467. The summed E-state index contributed by atoms with van der Waals surface area (Å²) in [6, 6.07) is 1.13. The minimum atomic E-state index is -4.62. The molecular weight excluding hydrogens is 330 g/mol. The molecule has 1 aliphatic heterocycles. The minimum absolute atomic E-state index is 0.0446. The molecule has 0 spiro atoms. The van der Waals surface area contributed by atoms with Crippen LogP contribution in [0.2, 0.25) is 0 Å². The number of piperidine rings is 1. The van der Waals surface area contributed by atoms with Gasteiger partial charge in [-0.1, -0.05) is 0 Å². The molecule has 1 saturated heterocycles. The Morgan fingerprint density at radius 1 is 1.21 bits per heavy atom. The van der Waals surface area contributed by atoms with Crippen LogP contribution in [0.25, 0.3) is 0 Å². The summed E-state index contributed by atoms with van der Waals surface area (Å²) in [5.41, 5.74) is -1.55. The highest BCUT2D eigenvalue weighted by atomic mass is 19.4. The summed E-state index contributed by atoms with van der Waals surface area (Å²) in [5.74, 6) is -1.10. The second-order valence-electron chi connectivity index (χ2n) is 5.58. The Morgan fingerprint density at radius 2 is 1.83 bits per heavy atom. The Morgan fingerprint density at radius 3 is 2.38 bits per heavy atom. The number of carbonyl (C=O) groups is 2. The van der Waals surface area contributed by atoms with Crippen LogP contribution in [0.4, 0.5) is 28.0 Å². The molecule has 9 heteroatoms. The Balaban J connectivity index is 1.99. The number of anilines is 1. The molecule has 24 heavy (non-hydrogen) atoms. The zero-order chi connectivity index (χ0) is 17.9. The second kappa shape index (κ2) is 7.06. The van der Waals surface area contributed by atoms with E-state index in [1.807, 2.05) is 0 Å². The topological polar surface area (TPSA) is 61.4 Å². The average Bonchev–Trinajstić information content (AvgIpc) is 2.48. The Bertz CT molecular complexity index is 626. The van der Waals surface area contributed by atoms with Crippen molar-refractivity contribution in [1.29, 1.82) is 0 Å². The van der Waals surface area contributed by atoms with Crippen molar-refractivity contribution in [2.45, 2.75) is 32.0 Å². The highest BCUT2D eigenvalue weighted by molar-refractivity contribution is 5.89. The zero-order valence-corrected chi connectivity index (χ0v) is 12.9. The monoisotopic (exact) mass is 347 g/mol. The number of benzene rings is 1. The molecule has 1 heterocycles. The van der Waals surface area contributed by atoms with E-state index in [-0.39, 0.29) is 11.9 Å². The molecule has 1 aliphatic rings. The number of carbonyl (C=O) groups excluding carboxylic acids is 2. The first-order valence-electron chi connectivity index (χ1n) is 7.36. The van der Waals surface area contributed by atoms with Crippen molar-refractivity contribution in [2.24, 2.45) is 0 Å². The number of halogens is 4. The third-order valence-electron chi connectivity index (χ3n) is 3.72. The molecule has 1 aromatic carbocycles. The summed E-state index contributed by atoms with van der Waals surface area (Å²) >= 11 is 0. The number of nitrogens with zero attached hydrogens (tertiary/aromatic N) is 1. The lowest BCUT2D eigenvalue weighted by Crippen LogP contribution is -2.47. The molecule has 132 valence electrons. The number of alkyl halides is 3. The summed E-state index contributed by atoms with van der Waals surface area (Å²) in [4.78, 5) is 24.4. The zero-order valence-electron chi connectivity index (χ0n) is 12.9. The molecule has 0 unspecified atom stereocenters. The third-order valence-corrected chi connectivity index (χ3v) is 3.72. The van der Waals surface area contributed by atoms with Gasteiger partial charge < -0.3 is 15.5 Å². The van der Waals surface area contributed by atoms with E-state index in [1.54, 1.807) is 0 Å². The Kier molecular flexibility index (Phi) is 5.30. The smallest absolute Gasteiger partial charge is 0.353 e. The Labute approximate surface area is 136 Å². The number of rotatable bonds is 2. The molecule has 1 aromatic rings. The first-order valence-corrected chi connectivity index (χ1v) is 7.36. The molecule has 5 nitrogen and oxygen atoms in total. The van der Waals surface area contributed by atoms with Crippen molar-refractivity contribution in [3.63, 3.8) is 0 Å². The molecule has 0 radical (unpaired) electrons. The van der Waals surface area contributed by atoms with Crippen molar-refractivity contribution in [1.82, 2.24) is 10.2 Å². The van der Waals surface area contributed by atoms with Gasteiger partial charge in [-0.3, -0.25) is 4.79 Å². The highest BCUT2D eigenvalue weighted by Crippen LogP contribution is 2.31. The van der Waals surface area contributed by atoms with Gasteiger partial charge in [0.15, 0.2) is 0 Å². The van der Waals surface area contributed by atoms with Crippen molar-refractivity contribution in [3.05, 3.63) is 29.6 Å². The van der Waals surface area contributed by atoms with Gasteiger partial charge in [0.05, 0.1) is 11.3 Å². The normalized spacial score (nSPS) is 16.0. The SMILES string of the molecule is CC(=O)NC1CCN(C(=O)Nc2cc(C(F)(F)F)ccc2F)CC1. The molecule has 0 saturated carbocycles. The van der Waals surface area contributed by atoms with Gasteiger partial charge in [0, 0.05) is 26.1 Å². The molecule has 1 fully saturated rings. The predicted octanol–water partition coefficient (Wildman–Crippen LogP) is 2.98. The fourth-order valence-corrected chi connectivity index (χ4v) is 2.51. The van der Waals surface area contributed by atoms with E-state index in [0.29, 0.717) is 44.1 Å². The van der Waals surface area contributed by atoms with E-state index >= 15 is 0 Å². The average molecular weight is 347 g/mol. The first kappa shape index (κ1) is 18.0. The summed E-state index contributed by atoms with van der Waals surface area (Å²) < 4.78 is 51.6. The largest absolute Gasteiger partial charge is 0.416 e. The van der Waals surface area contributed by atoms with Gasteiger partial charge in [-0.25, -0.2) is 9.18 Å². The quantitative estimate of drug-likeness (QED) is 0.808. The van der Waals surface area contributed by atoms with Crippen molar-refractivity contribution in [3.8, 4) is 0 Å². The van der Waals surface area contributed by atoms with Crippen LogP contribution in [0, 0.1) is 5.82 Å². The van der Waals surface area contributed by atoms with Crippen LogP contribution in [0.3, 0.4) is 0 Å². The molecule has 0 bridgehead atoms. The van der Waals surface area contributed by atoms with Crippen LogP contribution in [0.5, 0.6) is 0 Å². The molecule has 0 aliphatic carbocycles. The first-order chi connectivity index (χ1) is 11.2. The van der Waals surface area contributed by atoms with Crippen LogP contribution in [-0.4, -0.2) is 36.0 Å². The van der Waals surface area contributed by atoms with Crippen LogP contribution >= 0.6 is 0 Å². The highest BCUT2D eigenvalue weighted by Gasteiger charge is 2.31. The summed E-state index contributed by atoms with van der Waals surface area (Å²) in [5, 5.41) is 4.91. The number of hydrogen-bond acceptors (Lipinski definition) is 2. The number of hydrogen-bond donors (Lipinski definition) is 2. The van der Waals surface area contributed by atoms with E-state index in [4.69, 9.17) is 0 Å². The molecule has 2 rings (SSSR count). The molecule has 2 N–H and O–H groups in total. The van der Waals surface area contributed by atoms with Crippen molar-refractivity contribution >= 4 is 17.6 Å². The number of nitrogens with one attached hydrogen (secondary N) is 2. The van der Waals surface area contributed by atoms with Crippen LogP contribution in [0.1, 0.15) is 25.3 Å². The number of amides is 3. The van der Waals surface area contributed by atoms with Crippen LogP contribution < -0.4 is 10.6 Å². The molecular formula is C15H17F4N3O2. The summed E-state index contributed by atoms with van der Waals surface area (Å²) in [6.07, 6.45) is -3.57. The van der Waals surface area contributed by atoms with Gasteiger partial charge in [0.1, 0.15) is 5.82 Å². The summed E-state index contributed by atoms with van der Waals surface area (Å²) in [7, 11) is 0. The van der Waals surface area contributed by atoms with Gasteiger partial charge >= 0.3 is 12.2 Å². The maximum Gasteiger partial charge on any atom is 0.416 e. The fourth-order valence-electron chi connectivity index (χ4n) is 2.51. The minimum Gasteiger partial charge on any atom is -0.353 e. The maximum atomic E-state index is 13.6. The molecule has 0 atom stereocenters. The van der Waals surface area contributed by atoms with Gasteiger partial charge in [-0.05, 0) is 31.0 Å². The van der Waals surface area contributed by atoms with E-state index in [9.17, 15) is 27.2 Å². The number of likely N-dealkylation sites (tertiary alicyclic amines) is 1. The van der Waals surface area contributed by atoms with Crippen molar-refractivity contribution in [2.75, 3.05) is 18.4 Å². The second-order valence-corrected chi connectivity index (χ2v) is 5.58. The van der Waals surface area contributed by atoms with Gasteiger partial charge in [-0.15, -0.1) is 0 Å². The third kappa shape index (κ3) is 4.59. The van der Waals surface area contributed by atoms with Gasteiger partial charge in [-0.2, -0.15) is 13.2 Å². The van der Waals surface area contributed by atoms with E-state index in [0.717, 1.165) is 0 Å². The van der Waals surface area contributed by atoms with Crippen molar-refractivity contribution < 1.29 is 27.2 Å². The molecule has 3 amide bonds. The number of urea groups is 1.